The SMILES string of the molecule is C[C@@H](C#N)CNC(=O)[C@H]1CCCN1C(=O)Cc1ccccc1. The van der Waals surface area contributed by atoms with Crippen molar-refractivity contribution in [2.45, 2.75) is 32.2 Å². The van der Waals surface area contributed by atoms with Crippen molar-refractivity contribution in [3.63, 3.8) is 0 Å². The predicted octanol–water partition coefficient (Wildman–Crippen LogP) is 1.50. The lowest BCUT2D eigenvalue weighted by atomic mass is 10.1. The van der Waals surface area contributed by atoms with Crippen molar-refractivity contribution in [3.8, 4) is 6.07 Å². The number of benzene rings is 1. The number of carbonyl (C=O) groups is 2. The van der Waals surface area contributed by atoms with Crippen LogP contribution in [0.4, 0.5) is 0 Å². The van der Waals surface area contributed by atoms with Gasteiger partial charge in [0.1, 0.15) is 6.04 Å². The summed E-state index contributed by atoms with van der Waals surface area (Å²) in [6.45, 7) is 2.71. The smallest absolute Gasteiger partial charge is 0.242 e. The summed E-state index contributed by atoms with van der Waals surface area (Å²) in [4.78, 5) is 26.3. The molecule has 0 radical (unpaired) electrons. The van der Waals surface area contributed by atoms with Gasteiger partial charge in [-0.2, -0.15) is 5.26 Å². The molecule has 2 rings (SSSR count). The van der Waals surface area contributed by atoms with Crippen LogP contribution in [-0.2, 0) is 16.0 Å². The molecule has 0 aliphatic carbocycles. The number of rotatable bonds is 5. The maximum atomic E-state index is 12.4. The molecule has 1 aromatic rings. The number of carbonyl (C=O) groups excluding carboxylic acids is 2. The molecule has 116 valence electrons. The highest BCUT2D eigenvalue weighted by Gasteiger charge is 2.33. The van der Waals surface area contributed by atoms with E-state index in [1.807, 2.05) is 30.3 Å². The third kappa shape index (κ3) is 4.08. The van der Waals surface area contributed by atoms with Crippen molar-refractivity contribution >= 4 is 11.8 Å². The quantitative estimate of drug-likeness (QED) is 0.895. The van der Waals surface area contributed by atoms with E-state index in [1.165, 1.54) is 0 Å². The van der Waals surface area contributed by atoms with Crippen LogP contribution in [-0.4, -0.2) is 35.8 Å². The number of nitriles is 1. The van der Waals surface area contributed by atoms with Gasteiger partial charge in [0.15, 0.2) is 0 Å². The van der Waals surface area contributed by atoms with Crippen LogP contribution < -0.4 is 5.32 Å². The first-order valence-corrected chi connectivity index (χ1v) is 7.62. The molecule has 0 unspecified atom stereocenters. The topological polar surface area (TPSA) is 73.2 Å². The summed E-state index contributed by atoms with van der Waals surface area (Å²) in [5, 5.41) is 11.5. The monoisotopic (exact) mass is 299 g/mol. The highest BCUT2D eigenvalue weighted by Crippen LogP contribution is 2.19. The van der Waals surface area contributed by atoms with E-state index in [0.29, 0.717) is 25.9 Å². The van der Waals surface area contributed by atoms with Crippen molar-refractivity contribution in [2.75, 3.05) is 13.1 Å². The van der Waals surface area contributed by atoms with Gasteiger partial charge in [-0.15, -0.1) is 0 Å². The fourth-order valence-corrected chi connectivity index (χ4v) is 2.63. The van der Waals surface area contributed by atoms with E-state index in [2.05, 4.69) is 11.4 Å². The van der Waals surface area contributed by atoms with Gasteiger partial charge in [-0.1, -0.05) is 30.3 Å². The lowest BCUT2D eigenvalue weighted by Crippen LogP contribution is -2.47. The average Bonchev–Trinajstić information content (AvgIpc) is 3.03. The first kappa shape index (κ1) is 16.0. The largest absolute Gasteiger partial charge is 0.353 e. The summed E-state index contributed by atoms with van der Waals surface area (Å²) >= 11 is 0. The number of hydrogen-bond acceptors (Lipinski definition) is 3. The van der Waals surface area contributed by atoms with Crippen LogP contribution in [0.1, 0.15) is 25.3 Å². The first-order chi connectivity index (χ1) is 10.6. The van der Waals surface area contributed by atoms with Gasteiger partial charge in [-0.3, -0.25) is 9.59 Å². The Morgan fingerprint density at radius 3 is 2.82 bits per heavy atom. The zero-order valence-electron chi connectivity index (χ0n) is 12.8. The van der Waals surface area contributed by atoms with Crippen LogP contribution in [0.15, 0.2) is 30.3 Å². The molecule has 0 aromatic heterocycles. The van der Waals surface area contributed by atoms with Crippen molar-refractivity contribution in [3.05, 3.63) is 35.9 Å². The Labute approximate surface area is 130 Å². The molecule has 1 aromatic carbocycles. The van der Waals surface area contributed by atoms with Gasteiger partial charge in [0.05, 0.1) is 18.4 Å². The fraction of sp³-hybridized carbons (Fsp3) is 0.471. The van der Waals surface area contributed by atoms with Gasteiger partial charge in [0.2, 0.25) is 11.8 Å². The summed E-state index contributed by atoms with van der Waals surface area (Å²) in [6, 6.07) is 11.2. The van der Waals surface area contributed by atoms with Gasteiger partial charge >= 0.3 is 0 Å². The van der Waals surface area contributed by atoms with Crippen LogP contribution in [0.2, 0.25) is 0 Å². The maximum Gasteiger partial charge on any atom is 0.242 e. The molecule has 1 saturated heterocycles. The minimum absolute atomic E-state index is 0.0165. The molecule has 5 nitrogen and oxygen atoms in total. The molecule has 0 saturated carbocycles. The Hall–Kier alpha value is -2.35. The van der Waals surface area contributed by atoms with Crippen LogP contribution in [0.5, 0.6) is 0 Å². The molecule has 1 heterocycles. The fourth-order valence-electron chi connectivity index (χ4n) is 2.63. The van der Waals surface area contributed by atoms with Gasteiger partial charge < -0.3 is 10.2 Å². The van der Waals surface area contributed by atoms with Gasteiger partial charge in [0, 0.05) is 13.1 Å². The molecule has 1 N–H and O–H groups in total. The number of amides is 2. The van der Waals surface area contributed by atoms with Crippen LogP contribution in [0.25, 0.3) is 0 Å². The molecule has 1 aliphatic rings. The highest BCUT2D eigenvalue weighted by atomic mass is 16.2. The Balaban J connectivity index is 1.93. The van der Waals surface area contributed by atoms with Gasteiger partial charge in [-0.25, -0.2) is 0 Å². The maximum absolute atomic E-state index is 12.4. The highest BCUT2D eigenvalue weighted by molar-refractivity contribution is 5.89. The second-order valence-electron chi connectivity index (χ2n) is 5.68. The van der Waals surface area contributed by atoms with Crippen molar-refractivity contribution in [1.29, 1.82) is 5.26 Å². The van der Waals surface area contributed by atoms with Gasteiger partial charge in [-0.05, 0) is 25.3 Å². The molecule has 0 bridgehead atoms. The number of nitrogens with zero attached hydrogens (tertiary/aromatic N) is 2. The summed E-state index contributed by atoms with van der Waals surface area (Å²) in [6.07, 6.45) is 1.85. The Morgan fingerprint density at radius 2 is 2.14 bits per heavy atom. The normalized spacial score (nSPS) is 18.5. The van der Waals surface area contributed by atoms with E-state index in [-0.39, 0.29) is 17.7 Å². The summed E-state index contributed by atoms with van der Waals surface area (Å²) in [5.74, 6) is -0.392. The molecule has 2 atom stereocenters. The zero-order valence-corrected chi connectivity index (χ0v) is 12.8. The van der Waals surface area contributed by atoms with E-state index < -0.39 is 6.04 Å². The number of nitrogens with one attached hydrogen (secondary N) is 1. The van der Waals surface area contributed by atoms with Crippen LogP contribution in [0, 0.1) is 17.2 Å². The lowest BCUT2D eigenvalue weighted by Gasteiger charge is -2.24. The predicted molar refractivity (Wildman–Crippen MR) is 82.7 cm³/mol. The summed E-state index contributed by atoms with van der Waals surface area (Å²) < 4.78 is 0. The van der Waals surface area contributed by atoms with Crippen LogP contribution >= 0.6 is 0 Å². The lowest BCUT2D eigenvalue weighted by molar-refractivity contribution is -0.138. The Kier molecular flexibility index (Phi) is 5.54. The molecule has 2 amide bonds. The van der Waals surface area contributed by atoms with Crippen molar-refractivity contribution < 1.29 is 9.59 Å². The molecular weight excluding hydrogens is 278 g/mol. The van der Waals surface area contributed by atoms with E-state index in [9.17, 15) is 9.59 Å². The minimum Gasteiger partial charge on any atom is -0.353 e. The number of likely N-dealkylation sites (tertiary alicyclic amines) is 1. The zero-order chi connectivity index (χ0) is 15.9. The Bertz CT molecular complexity index is 565. The Morgan fingerprint density at radius 1 is 1.41 bits per heavy atom. The third-order valence-electron chi connectivity index (χ3n) is 3.88. The average molecular weight is 299 g/mol. The van der Waals surface area contributed by atoms with E-state index in [0.717, 1.165) is 12.0 Å². The number of hydrogen-bond donors (Lipinski definition) is 1. The second kappa shape index (κ2) is 7.60. The molecule has 5 heteroatoms. The molecule has 22 heavy (non-hydrogen) atoms. The molecular formula is C17H21N3O2. The molecule has 0 spiro atoms. The van der Waals surface area contributed by atoms with E-state index >= 15 is 0 Å². The standard InChI is InChI=1S/C17H21N3O2/c1-13(11-18)12-19-17(22)15-8-5-9-20(15)16(21)10-14-6-3-2-4-7-14/h2-4,6-7,13,15H,5,8-10,12H2,1H3,(H,19,22)/t13-,15+/m0/s1. The molecule has 1 aliphatic heterocycles. The summed E-state index contributed by atoms with van der Waals surface area (Å²) in [7, 11) is 0. The van der Waals surface area contributed by atoms with Crippen LogP contribution in [0.3, 0.4) is 0 Å². The van der Waals surface area contributed by atoms with E-state index in [4.69, 9.17) is 5.26 Å². The van der Waals surface area contributed by atoms with Crippen molar-refractivity contribution in [2.24, 2.45) is 5.92 Å². The second-order valence-corrected chi connectivity index (χ2v) is 5.68. The molecule has 1 fully saturated rings. The van der Waals surface area contributed by atoms with E-state index in [1.54, 1.807) is 11.8 Å². The first-order valence-electron chi connectivity index (χ1n) is 7.62. The summed E-state index contributed by atoms with van der Waals surface area (Å²) in [5.41, 5.74) is 0.955. The van der Waals surface area contributed by atoms with Crippen molar-refractivity contribution in [1.82, 2.24) is 10.2 Å². The minimum atomic E-state index is -0.401. The van der Waals surface area contributed by atoms with Gasteiger partial charge in [0.25, 0.3) is 0 Å². The third-order valence-corrected chi connectivity index (χ3v) is 3.88.